The van der Waals surface area contributed by atoms with E-state index in [1.165, 1.54) is 29.2 Å². The van der Waals surface area contributed by atoms with Crippen molar-refractivity contribution >= 4 is 17.6 Å². The molecule has 8 nitrogen and oxygen atoms in total. The number of morpholine rings is 1. The van der Waals surface area contributed by atoms with Crippen molar-refractivity contribution in [1.82, 2.24) is 9.88 Å². The molecule has 2 aromatic rings. The molecule has 0 radical (unpaired) electrons. The first-order valence-electron chi connectivity index (χ1n) is 8.69. The van der Waals surface area contributed by atoms with Gasteiger partial charge in [0.2, 0.25) is 5.91 Å². The summed E-state index contributed by atoms with van der Waals surface area (Å²) in [7, 11) is 0. The number of nitrogens with two attached hydrogens (primary N) is 2. The lowest BCUT2D eigenvalue weighted by atomic mass is 9.97. The van der Waals surface area contributed by atoms with Crippen LogP contribution in [0.3, 0.4) is 0 Å². The summed E-state index contributed by atoms with van der Waals surface area (Å²) in [5.74, 6) is -0.651. The van der Waals surface area contributed by atoms with Crippen molar-refractivity contribution in [3.05, 3.63) is 54.0 Å². The molecule has 0 aliphatic carbocycles. The summed E-state index contributed by atoms with van der Waals surface area (Å²) in [4.78, 5) is 30.0. The number of nitrogens with zero attached hydrogens (tertiary/aromatic N) is 2. The van der Waals surface area contributed by atoms with Crippen molar-refractivity contribution < 1.29 is 23.5 Å². The number of hydrogen-bond donors (Lipinski definition) is 2. The molecule has 1 saturated heterocycles. The number of benzene rings is 1. The number of nitrogen functional groups attached to an aromatic ring is 1. The summed E-state index contributed by atoms with van der Waals surface area (Å²) in [5.41, 5.74) is 10.1. The van der Waals surface area contributed by atoms with Crippen LogP contribution in [-0.2, 0) is 9.53 Å². The van der Waals surface area contributed by atoms with E-state index >= 15 is 0 Å². The second-order valence-corrected chi connectivity index (χ2v) is 6.59. The number of carbonyl (C=O) groups is 2. The Balaban J connectivity index is 1.76. The molecule has 0 spiro atoms. The van der Waals surface area contributed by atoms with Crippen LogP contribution in [-0.4, -0.2) is 53.6 Å². The van der Waals surface area contributed by atoms with Crippen LogP contribution in [0.1, 0.15) is 16.9 Å². The van der Waals surface area contributed by atoms with Gasteiger partial charge in [0.1, 0.15) is 35.3 Å². The molecule has 1 aliphatic heterocycles. The van der Waals surface area contributed by atoms with Gasteiger partial charge in [-0.1, -0.05) is 6.07 Å². The minimum atomic E-state index is -1.12. The van der Waals surface area contributed by atoms with Gasteiger partial charge in [0.25, 0.3) is 5.91 Å². The predicted octanol–water partition coefficient (Wildman–Crippen LogP) is 0.968. The molecule has 1 atom stereocenters. The summed E-state index contributed by atoms with van der Waals surface area (Å²) in [5, 5.41) is 0. The van der Waals surface area contributed by atoms with E-state index in [0.717, 1.165) is 0 Å². The molecule has 1 aliphatic rings. The smallest absolute Gasteiger partial charge is 0.272 e. The zero-order valence-corrected chi connectivity index (χ0v) is 15.1. The number of aromatic nitrogens is 1. The van der Waals surface area contributed by atoms with Gasteiger partial charge in [-0.2, -0.15) is 0 Å². The Morgan fingerprint density at radius 3 is 2.68 bits per heavy atom. The number of amides is 2. The van der Waals surface area contributed by atoms with Crippen LogP contribution in [0.15, 0.2) is 42.5 Å². The number of primary amides is 1. The highest BCUT2D eigenvalue weighted by Gasteiger charge is 2.41. The SMILES string of the molecule is NC(=O)C[C@]1(COc2ccc(F)cc2)CN(C(=O)c2cccc(N)n2)CCO1. The second kappa shape index (κ2) is 8.22. The van der Waals surface area contributed by atoms with E-state index in [1.54, 1.807) is 18.2 Å². The average Bonchev–Trinajstić information content (AvgIpc) is 2.67. The minimum absolute atomic E-state index is 0.0320. The maximum atomic E-state index is 13.1. The summed E-state index contributed by atoms with van der Waals surface area (Å²) in [6, 6.07) is 10.3. The van der Waals surface area contributed by atoms with Crippen molar-refractivity contribution in [3.8, 4) is 5.75 Å². The molecule has 2 amide bonds. The Morgan fingerprint density at radius 2 is 2.00 bits per heavy atom. The number of pyridine rings is 1. The van der Waals surface area contributed by atoms with Gasteiger partial charge in [0.05, 0.1) is 19.6 Å². The van der Waals surface area contributed by atoms with E-state index in [0.29, 0.717) is 12.3 Å². The van der Waals surface area contributed by atoms with Crippen LogP contribution in [0.2, 0.25) is 0 Å². The Kier molecular flexibility index (Phi) is 5.74. The molecule has 0 unspecified atom stereocenters. The number of halogens is 1. The average molecular weight is 388 g/mol. The lowest BCUT2D eigenvalue weighted by Gasteiger charge is -2.41. The van der Waals surface area contributed by atoms with Gasteiger partial charge in [-0.15, -0.1) is 0 Å². The monoisotopic (exact) mass is 388 g/mol. The van der Waals surface area contributed by atoms with Crippen LogP contribution in [0.5, 0.6) is 5.75 Å². The highest BCUT2D eigenvalue weighted by molar-refractivity contribution is 5.92. The molecule has 9 heteroatoms. The third kappa shape index (κ3) is 4.74. The van der Waals surface area contributed by atoms with Gasteiger partial charge < -0.3 is 25.8 Å². The third-order valence-corrected chi connectivity index (χ3v) is 4.34. The summed E-state index contributed by atoms with van der Waals surface area (Å²) >= 11 is 0. The molecule has 1 fully saturated rings. The minimum Gasteiger partial charge on any atom is -0.490 e. The maximum Gasteiger partial charge on any atom is 0.272 e. The molecule has 2 heterocycles. The quantitative estimate of drug-likeness (QED) is 0.761. The first kappa shape index (κ1) is 19.6. The maximum absolute atomic E-state index is 13.1. The van der Waals surface area contributed by atoms with E-state index in [4.69, 9.17) is 20.9 Å². The Labute approximate surface area is 161 Å². The lowest BCUT2D eigenvalue weighted by molar-refractivity contribution is -0.142. The Morgan fingerprint density at radius 1 is 1.25 bits per heavy atom. The van der Waals surface area contributed by atoms with Gasteiger partial charge in [-0.25, -0.2) is 9.37 Å². The fourth-order valence-electron chi connectivity index (χ4n) is 3.06. The van der Waals surface area contributed by atoms with Gasteiger partial charge >= 0.3 is 0 Å². The Bertz CT molecular complexity index is 861. The normalized spacial score (nSPS) is 19.2. The summed E-state index contributed by atoms with van der Waals surface area (Å²) < 4.78 is 24.6. The van der Waals surface area contributed by atoms with Crippen molar-refractivity contribution in [1.29, 1.82) is 0 Å². The number of anilines is 1. The standard InChI is InChI=1S/C19H21FN4O4/c20-13-4-6-14(7-5-13)27-12-19(10-17(22)25)11-24(8-9-28-19)18(26)15-2-1-3-16(21)23-15/h1-7H,8-12H2,(H2,21,23)(H2,22,25)/t19-/m1/s1. The largest absolute Gasteiger partial charge is 0.490 e. The van der Waals surface area contributed by atoms with Crippen LogP contribution in [0, 0.1) is 5.82 Å². The third-order valence-electron chi connectivity index (χ3n) is 4.34. The predicted molar refractivity (Wildman–Crippen MR) is 98.9 cm³/mol. The van der Waals surface area contributed by atoms with Crippen LogP contribution < -0.4 is 16.2 Å². The van der Waals surface area contributed by atoms with Crippen LogP contribution in [0.4, 0.5) is 10.2 Å². The van der Waals surface area contributed by atoms with Crippen LogP contribution in [0.25, 0.3) is 0 Å². The van der Waals surface area contributed by atoms with Gasteiger partial charge in [-0.05, 0) is 36.4 Å². The van der Waals surface area contributed by atoms with Gasteiger partial charge in [0, 0.05) is 6.54 Å². The van der Waals surface area contributed by atoms with E-state index in [-0.39, 0.29) is 49.4 Å². The number of ether oxygens (including phenoxy) is 2. The fourth-order valence-corrected chi connectivity index (χ4v) is 3.06. The molecule has 0 bridgehead atoms. The molecule has 3 rings (SSSR count). The van der Waals surface area contributed by atoms with E-state index in [2.05, 4.69) is 4.98 Å². The Hall–Kier alpha value is -3.20. The number of carbonyl (C=O) groups excluding carboxylic acids is 2. The van der Waals surface area contributed by atoms with Crippen molar-refractivity contribution in [2.24, 2.45) is 5.73 Å². The van der Waals surface area contributed by atoms with Gasteiger partial charge in [0.15, 0.2) is 0 Å². The van der Waals surface area contributed by atoms with E-state index in [1.807, 2.05) is 0 Å². The molecule has 148 valence electrons. The number of rotatable bonds is 6. The highest BCUT2D eigenvalue weighted by atomic mass is 19.1. The molecular formula is C19H21FN4O4. The molecular weight excluding hydrogens is 367 g/mol. The summed E-state index contributed by atoms with van der Waals surface area (Å²) in [6.45, 7) is 0.586. The molecule has 28 heavy (non-hydrogen) atoms. The second-order valence-electron chi connectivity index (χ2n) is 6.59. The highest BCUT2D eigenvalue weighted by Crippen LogP contribution is 2.25. The van der Waals surface area contributed by atoms with Crippen molar-refractivity contribution in [2.75, 3.05) is 32.0 Å². The van der Waals surface area contributed by atoms with Crippen molar-refractivity contribution in [2.45, 2.75) is 12.0 Å². The first-order valence-corrected chi connectivity index (χ1v) is 8.69. The van der Waals surface area contributed by atoms with E-state index < -0.39 is 11.5 Å². The topological polar surface area (TPSA) is 121 Å². The molecule has 0 saturated carbocycles. The zero-order valence-electron chi connectivity index (χ0n) is 15.1. The van der Waals surface area contributed by atoms with E-state index in [9.17, 15) is 14.0 Å². The molecule has 4 N–H and O–H groups in total. The first-order chi connectivity index (χ1) is 13.4. The van der Waals surface area contributed by atoms with Gasteiger partial charge in [-0.3, -0.25) is 9.59 Å². The lowest BCUT2D eigenvalue weighted by Crippen LogP contribution is -2.58. The molecule has 1 aromatic carbocycles. The molecule has 1 aromatic heterocycles. The number of hydrogen-bond acceptors (Lipinski definition) is 6. The van der Waals surface area contributed by atoms with Crippen LogP contribution >= 0.6 is 0 Å². The zero-order chi connectivity index (χ0) is 20.1. The summed E-state index contributed by atoms with van der Waals surface area (Å²) in [6.07, 6.45) is -0.137. The van der Waals surface area contributed by atoms with Crippen molar-refractivity contribution in [3.63, 3.8) is 0 Å². The fraction of sp³-hybridized carbons (Fsp3) is 0.316.